The molecule has 2 saturated heterocycles. The Labute approximate surface area is 194 Å². The Morgan fingerprint density at radius 2 is 1.50 bits per heavy atom. The van der Waals surface area contributed by atoms with Gasteiger partial charge in [0, 0.05) is 31.2 Å². The highest BCUT2D eigenvalue weighted by Crippen LogP contribution is 2.36. The maximum atomic E-state index is 13.0. The molecule has 1 atom stereocenters. The largest absolute Gasteiger partial charge is 0.416 e. The Morgan fingerprint density at radius 3 is 2.03 bits per heavy atom. The molecule has 0 saturated carbocycles. The molecule has 0 aliphatic carbocycles. The van der Waals surface area contributed by atoms with Crippen LogP contribution in [-0.2, 0) is 17.1 Å². The Hall–Kier alpha value is -2.30. The molecule has 0 spiro atoms. The van der Waals surface area contributed by atoms with Crippen molar-refractivity contribution in [3.63, 3.8) is 0 Å². The molecular weight excluding hydrogens is 464 g/mol. The van der Waals surface area contributed by atoms with Gasteiger partial charge in [0.2, 0.25) is 5.91 Å². The van der Waals surface area contributed by atoms with Crippen LogP contribution in [0.1, 0.15) is 60.5 Å². The predicted octanol–water partition coefficient (Wildman–Crippen LogP) is 4.57. The first-order valence-electron chi connectivity index (χ1n) is 11.4. The van der Waals surface area contributed by atoms with Crippen molar-refractivity contribution in [2.45, 2.75) is 57.4 Å². The smallest absolute Gasteiger partial charge is 0.352 e. The molecule has 5 nitrogen and oxygen atoms in total. The molecule has 2 aliphatic rings. The van der Waals surface area contributed by atoms with Gasteiger partial charge in [-0.1, -0.05) is 6.42 Å². The standard InChI is InChI=1S/C23H29F6N3O2/c1-15-4-2-3-7-32(15)14-20(33)31-8-5-16(6-9-31)13-30-21(34)17-10-18(22(24,25)26)12-19(11-17)23(27,28)29/h10-12,15-16H,2-9,13-14H2,1H3,(H,30,34). The average molecular weight is 493 g/mol. The van der Waals surface area contributed by atoms with Crippen LogP contribution in [0.15, 0.2) is 18.2 Å². The fourth-order valence-electron chi connectivity index (χ4n) is 4.48. The van der Waals surface area contributed by atoms with Crippen LogP contribution in [0.2, 0.25) is 0 Å². The predicted molar refractivity (Wildman–Crippen MR) is 113 cm³/mol. The highest BCUT2D eigenvalue weighted by Gasteiger charge is 2.37. The minimum Gasteiger partial charge on any atom is -0.352 e. The lowest BCUT2D eigenvalue weighted by Crippen LogP contribution is -2.48. The molecule has 1 aromatic rings. The summed E-state index contributed by atoms with van der Waals surface area (Å²) in [5, 5.41) is 2.46. The fourth-order valence-corrected chi connectivity index (χ4v) is 4.48. The summed E-state index contributed by atoms with van der Waals surface area (Å²) in [7, 11) is 0. The van der Waals surface area contributed by atoms with Crippen molar-refractivity contribution in [3.8, 4) is 0 Å². The SMILES string of the molecule is CC1CCCCN1CC(=O)N1CCC(CNC(=O)c2cc(C(F)(F)F)cc(C(F)(F)F)c2)CC1. The minimum atomic E-state index is -5.01. The van der Waals surface area contributed by atoms with E-state index in [1.54, 1.807) is 4.90 Å². The molecule has 1 unspecified atom stereocenters. The number of piperidine rings is 2. The van der Waals surface area contributed by atoms with Gasteiger partial charge in [-0.05, 0) is 63.3 Å². The maximum absolute atomic E-state index is 13.0. The molecule has 2 heterocycles. The number of halogens is 6. The summed E-state index contributed by atoms with van der Waals surface area (Å²) in [5.74, 6) is -0.955. The van der Waals surface area contributed by atoms with E-state index in [0.717, 1.165) is 19.4 Å². The lowest BCUT2D eigenvalue weighted by atomic mass is 9.96. The monoisotopic (exact) mass is 493 g/mol. The van der Waals surface area contributed by atoms with Crippen molar-refractivity contribution in [1.82, 2.24) is 15.1 Å². The van der Waals surface area contributed by atoms with E-state index in [0.29, 0.717) is 50.7 Å². The van der Waals surface area contributed by atoms with Crippen LogP contribution in [0.3, 0.4) is 0 Å². The highest BCUT2D eigenvalue weighted by atomic mass is 19.4. The Kier molecular flexibility index (Phi) is 8.15. The van der Waals surface area contributed by atoms with Crippen molar-refractivity contribution in [2.24, 2.45) is 5.92 Å². The molecule has 0 radical (unpaired) electrons. The highest BCUT2D eigenvalue weighted by molar-refractivity contribution is 5.94. The average Bonchev–Trinajstić information content (AvgIpc) is 2.78. The quantitative estimate of drug-likeness (QED) is 0.612. The van der Waals surface area contributed by atoms with E-state index in [4.69, 9.17) is 0 Å². The van der Waals surface area contributed by atoms with Crippen LogP contribution >= 0.6 is 0 Å². The molecule has 190 valence electrons. The van der Waals surface area contributed by atoms with Crippen LogP contribution in [-0.4, -0.2) is 60.4 Å². The van der Waals surface area contributed by atoms with Crippen molar-refractivity contribution >= 4 is 11.8 Å². The third-order valence-corrected chi connectivity index (χ3v) is 6.65. The van der Waals surface area contributed by atoms with E-state index < -0.39 is 35.0 Å². The second kappa shape index (κ2) is 10.5. The summed E-state index contributed by atoms with van der Waals surface area (Å²) in [5.41, 5.74) is -3.74. The third-order valence-electron chi connectivity index (χ3n) is 6.65. The van der Waals surface area contributed by atoms with Gasteiger partial charge in [0.1, 0.15) is 0 Å². The zero-order chi connectivity index (χ0) is 25.1. The first-order chi connectivity index (χ1) is 15.8. The number of carbonyl (C=O) groups excluding carboxylic acids is 2. The molecule has 2 amide bonds. The molecule has 1 N–H and O–H groups in total. The summed E-state index contributed by atoms with van der Waals surface area (Å²) in [6, 6.07) is 1.22. The van der Waals surface area contributed by atoms with Gasteiger partial charge in [-0.25, -0.2) is 0 Å². The number of hydrogen-bond donors (Lipinski definition) is 1. The number of amides is 2. The van der Waals surface area contributed by atoms with Gasteiger partial charge in [-0.15, -0.1) is 0 Å². The van der Waals surface area contributed by atoms with E-state index in [9.17, 15) is 35.9 Å². The van der Waals surface area contributed by atoms with E-state index >= 15 is 0 Å². The molecule has 2 fully saturated rings. The first kappa shape index (κ1) is 26.3. The van der Waals surface area contributed by atoms with Gasteiger partial charge >= 0.3 is 12.4 Å². The van der Waals surface area contributed by atoms with Gasteiger partial charge in [0.05, 0.1) is 17.7 Å². The van der Waals surface area contributed by atoms with E-state index in [1.807, 2.05) is 0 Å². The third kappa shape index (κ3) is 6.86. The van der Waals surface area contributed by atoms with Gasteiger partial charge in [0.25, 0.3) is 5.91 Å². The Bertz CT molecular complexity index is 846. The molecule has 34 heavy (non-hydrogen) atoms. The number of benzene rings is 1. The lowest BCUT2D eigenvalue weighted by Gasteiger charge is -2.37. The molecular formula is C23H29F6N3O2. The molecule has 2 aliphatic heterocycles. The first-order valence-corrected chi connectivity index (χ1v) is 11.4. The van der Waals surface area contributed by atoms with Crippen molar-refractivity contribution in [2.75, 3.05) is 32.7 Å². The van der Waals surface area contributed by atoms with Crippen molar-refractivity contribution in [3.05, 3.63) is 34.9 Å². The van der Waals surface area contributed by atoms with Gasteiger partial charge < -0.3 is 10.2 Å². The van der Waals surface area contributed by atoms with Crippen LogP contribution in [0.25, 0.3) is 0 Å². The summed E-state index contributed by atoms with van der Waals surface area (Å²) >= 11 is 0. The Balaban J connectivity index is 1.53. The second-order valence-electron chi connectivity index (χ2n) is 9.14. The zero-order valence-corrected chi connectivity index (χ0v) is 18.9. The van der Waals surface area contributed by atoms with Crippen LogP contribution in [0, 0.1) is 5.92 Å². The molecule has 1 aromatic carbocycles. The minimum absolute atomic E-state index is 0.00580. The number of nitrogens with one attached hydrogen (secondary N) is 1. The number of likely N-dealkylation sites (tertiary alicyclic amines) is 2. The summed E-state index contributed by atoms with van der Waals surface area (Å²) < 4.78 is 78.1. The maximum Gasteiger partial charge on any atom is 0.416 e. The number of hydrogen-bond acceptors (Lipinski definition) is 3. The number of carbonyl (C=O) groups is 2. The van der Waals surface area contributed by atoms with Gasteiger partial charge in [-0.2, -0.15) is 26.3 Å². The summed E-state index contributed by atoms with van der Waals surface area (Å²) in [4.78, 5) is 28.9. The van der Waals surface area contributed by atoms with E-state index in [1.165, 1.54) is 6.42 Å². The molecule has 0 aromatic heterocycles. The lowest BCUT2D eigenvalue weighted by molar-refractivity contribution is -0.143. The molecule has 0 bridgehead atoms. The fraction of sp³-hybridized carbons (Fsp3) is 0.652. The summed E-state index contributed by atoms with van der Waals surface area (Å²) in [6.07, 6.45) is -5.51. The van der Waals surface area contributed by atoms with E-state index in [2.05, 4.69) is 17.1 Å². The molecule has 11 heteroatoms. The van der Waals surface area contributed by atoms with Crippen LogP contribution in [0.4, 0.5) is 26.3 Å². The van der Waals surface area contributed by atoms with Crippen molar-refractivity contribution in [1.29, 1.82) is 0 Å². The summed E-state index contributed by atoms with van der Waals surface area (Å²) in [6.45, 7) is 4.51. The van der Waals surface area contributed by atoms with Gasteiger partial charge in [-0.3, -0.25) is 14.5 Å². The van der Waals surface area contributed by atoms with Crippen LogP contribution in [0.5, 0.6) is 0 Å². The number of nitrogens with zero attached hydrogens (tertiary/aromatic N) is 2. The number of alkyl halides is 6. The van der Waals surface area contributed by atoms with Crippen molar-refractivity contribution < 1.29 is 35.9 Å². The normalized spacial score (nSPS) is 20.9. The second-order valence-corrected chi connectivity index (χ2v) is 9.14. The van der Waals surface area contributed by atoms with E-state index in [-0.39, 0.29) is 24.4 Å². The topological polar surface area (TPSA) is 52.7 Å². The van der Waals surface area contributed by atoms with Crippen LogP contribution < -0.4 is 5.32 Å². The zero-order valence-electron chi connectivity index (χ0n) is 18.9. The molecule has 3 rings (SSSR count). The Morgan fingerprint density at radius 1 is 0.912 bits per heavy atom. The van der Waals surface area contributed by atoms with Gasteiger partial charge in [0.15, 0.2) is 0 Å². The number of rotatable bonds is 5.